The van der Waals surface area contributed by atoms with Gasteiger partial charge in [-0.05, 0) is 38.3 Å². The molecule has 0 amide bonds. The molecule has 0 aliphatic carbocycles. The van der Waals surface area contributed by atoms with Crippen LogP contribution >= 0.6 is 11.3 Å². The molecule has 2 fully saturated rings. The second-order valence-electron chi connectivity index (χ2n) is 8.18. The van der Waals surface area contributed by atoms with E-state index in [0.717, 1.165) is 49.3 Å². The van der Waals surface area contributed by atoms with Gasteiger partial charge in [-0.2, -0.15) is 0 Å². The summed E-state index contributed by atoms with van der Waals surface area (Å²) >= 11 is 1.77. The molecule has 2 aliphatic heterocycles. The lowest BCUT2D eigenvalue weighted by atomic mass is 10.0. The van der Waals surface area contributed by atoms with Crippen molar-refractivity contribution in [3.8, 4) is 10.4 Å². The Morgan fingerprint density at radius 2 is 1.86 bits per heavy atom. The highest BCUT2D eigenvalue weighted by Crippen LogP contribution is 2.37. The molecular weight excluding hydrogens is 380 g/mol. The van der Waals surface area contributed by atoms with Crippen LogP contribution in [0.5, 0.6) is 0 Å². The van der Waals surface area contributed by atoms with Crippen molar-refractivity contribution in [2.75, 3.05) is 37.7 Å². The minimum absolute atomic E-state index is 0.355. The standard InChI is InChI=1S/C23H28N4OS/c1-16-15-27(12-13-28-16)19-8-10-26(11-9-19)22-20-14-21(18-6-4-3-5-7-18)29-23(20)25-17(2)24-22/h3-7,14,16,19H,8-13,15H2,1-2H3. The zero-order chi connectivity index (χ0) is 19.8. The molecule has 0 saturated carbocycles. The van der Waals surface area contributed by atoms with E-state index in [9.17, 15) is 0 Å². The number of rotatable bonds is 3. The summed E-state index contributed by atoms with van der Waals surface area (Å²) in [6.45, 7) is 9.29. The van der Waals surface area contributed by atoms with Crippen LogP contribution in [0.1, 0.15) is 25.6 Å². The molecule has 0 spiro atoms. The molecule has 1 atom stereocenters. The highest BCUT2D eigenvalue weighted by Gasteiger charge is 2.29. The van der Waals surface area contributed by atoms with E-state index >= 15 is 0 Å². The zero-order valence-corrected chi connectivity index (χ0v) is 18.0. The summed E-state index contributed by atoms with van der Waals surface area (Å²) in [5.74, 6) is 1.97. The van der Waals surface area contributed by atoms with Crippen LogP contribution in [0.2, 0.25) is 0 Å². The third-order valence-electron chi connectivity index (χ3n) is 6.10. The molecule has 2 saturated heterocycles. The van der Waals surface area contributed by atoms with Crippen LogP contribution in [-0.4, -0.2) is 59.8 Å². The predicted octanol–water partition coefficient (Wildman–Crippen LogP) is 4.36. The van der Waals surface area contributed by atoms with E-state index in [1.54, 1.807) is 11.3 Å². The molecule has 0 bridgehead atoms. The normalized spacial score (nSPS) is 21.7. The molecule has 1 aromatic carbocycles. The SMILES string of the molecule is Cc1nc(N2CCC(N3CCOC(C)C3)CC2)c2cc(-c3ccccc3)sc2n1. The molecule has 2 aliphatic rings. The number of morpholine rings is 1. The Morgan fingerprint density at radius 3 is 2.62 bits per heavy atom. The number of thiophene rings is 1. The van der Waals surface area contributed by atoms with E-state index in [2.05, 4.69) is 53.1 Å². The first-order valence-electron chi connectivity index (χ1n) is 10.6. The van der Waals surface area contributed by atoms with Crippen molar-refractivity contribution in [1.29, 1.82) is 0 Å². The van der Waals surface area contributed by atoms with E-state index in [-0.39, 0.29) is 0 Å². The van der Waals surface area contributed by atoms with Crippen LogP contribution in [0.3, 0.4) is 0 Å². The van der Waals surface area contributed by atoms with E-state index < -0.39 is 0 Å². The molecule has 3 aromatic rings. The van der Waals surface area contributed by atoms with Gasteiger partial charge in [0.15, 0.2) is 0 Å². The number of aryl methyl sites for hydroxylation is 1. The summed E-state index contributed by atoms with van der Waals surface area (Å²) < 4.78 is 5.72. The highest BCUT2D eigenvalue weighted by atomic mass is 32.1. The van der Waals surface area contributed by atoms with Gasteiger partial charge in [0.25, 0.3) is 0 Å². The molecule has 4 heterocycles. The minimum atomic E-state index is 0.355. The number of ether oxygens (including phenoxy) is 1. The lowest BCUT2D eigenvalue weighted by Gasteiger charge is -2.42. The minimum Gasteiger partial charge on any atom is -0.376 e. The van der Waals surface area contributed by atoms with Crippen LogP contribution in [0, 0.1) is 6.92 Å². The van der Waals surface area contributed by atoms with Gasteiger partial charge >= 0.3 is 0 Å². The zero-order valence-electron chi connectivity index (χ0n) is 17.2. The number of anilines is 1. The molecule has 152 valence electrons. The van der Waals surface area contributed by atoms with Crippen molar-refractivity contribution in [2.45, 2.75) is 38.8 Å². The lowest BCUT2D eigenvalue weighted by molar-refractivity contribution is -0.0373. The monoisotopic (exact) mass is 408 g/mol. The average Bonchev–Trinajstić information content (AvgIpc) is 3.18. The summed E-state index contributed by atoms with van der Waals surface area (Å²) in [4.78, 5) is 17.1. The summed E-state index contributed by atoms with van der Waals surface area (Å²) in [5.41, 5.74) is 1.25. The fourth-order valence-electron chi connectivity index (χ4n) is 4.62. The Balaban J connectivity index is 1.38. The van der Waals surface area contributed by atoms with Gasteiger partial charge in [0, 0.05) is 37.1 Å². The molecule has 0 radical (unpaired) electrons. The molecule has 6 heteroatoms. The second-order valence-corrected chi connectivity index (χ2v) is 9.22. The summed E-state index contributed by atoms with van der Waals surface area (Å²) in [5, 5.41) is 1.19. The third-order valence-corrected chi connectivity index (χ3v) is 7.17. The van der Waals surface area contributed by atoms with Gasteiger partial charge in [-0.25, -0.2) is 9.97 Å². The number of benzene rings is 1. The number of piperidine rings is 1. The molecule has 0 N–H and O–H groups in total. The van der Waals surface area contributed by atoms with Gasteiger partial charge in [0.1, 0.15) is 16.5 Å². The number of aromatic nitrogens is 2. The Bertz CT molecular complexity index is 981. The van der Waals surface area contributed by atoms with Gasteiger partial charge in [-0.15, -0.1) is 11.3 Å². The van der Waals surface area contributed by atoms with E-state index in [4.69, 9.17) is 14.7 Å². The number of hydrogen-bond acceptors (Lipinski definition) is 6. The first-order valence-corrected chi connectivity index (χ1v) is 11.4. The first-order chi connectivity index (χ1) is 14.2. The summed E-state index contributed by atoms with van der Waals surface area (Å²) in [6.07, 6.45) is 2.73. The van der Waals surface area contributed by atoms with Crippen molar-refractivity contribution in [1.82, 2.24) is 14.9 Å². The Morgan fingerprint density at radius 1 is 1.07 bits per heavy atom. The van der Waals surface area contributed by atoms with Crippen LogP contribution < -0.4 is 4.90 Å². The number of nitrogens with zero attached hydrogens (tertiary/aromatic N) is 4. The molecule has 5 rings (SSSR count). The number of fused-ring (bicyclic) bond motifs is 1. The fraction of sp³-hybridized carbons (Fsp3) is 0.478. The maximum atomic E-state index is 5.72. The lowest BCUT2D eigenvalue weighted by Crippen LogP contribution is -2.51. The maximum Gasteiger partial charge on any atom is 0.141 e. The van der Waals surface area contributed by atoms with Crippen molar-refractivity contribution in [3.63, 3.8) is 0 Å². The Labute approximate surface area is 176 Å². The van der Waals surface area contributed by atoms with Crippen LogP contribution in [0.4, 0.5) is 5.82 Å². The number of hydrogen-bond donors (Lipinski definition) is 0. The van der Waals surface area contributed by atoms with Gasteiger partial charge in [0.2, 0.25) is 0 Å². The largest absolute Gasteiger partial charge is 0.376 e. The van der Waals surface area contributed by atoms with Crippen molar-refractivity contribution in [3.05, 3.63) is 42.2 Å². The smallest absolute Gasteiger partial charge is 0.141 e. The summed E-state index contributed by atoms with van der Waals surface area (Å²) in [7, 11) is 0. The van der Waals surface area contributed by atoms with Crippen LogP contribution in [0.25, 0.3) is 20.7 Å². The molecule has 29 heavy (non-hydrogen) atoms. The highest BCUT2D eigenvalue weighted by molar-refractivity contribution is 7.21. The maximum absolute atomic E-state index is 5.72. The van der Waals surface area contributed by atoms with Crippen molar-refractivity contribution in [2.24, 2.45) is 0 Å². The Kier molecular flexibility index (Phi) is 5.24. The van der Waals surface area contributed by atoms with Gasteiger partial charge in [0.05, 0.1) is 18.1 Å². The summed E-state index contributed by atoms with van der Waals surface area (Å²) in [6, 6.07) is 13.5. The first kappa shape index (κ1) is 19.0. The molecular formula is C23H28N4OS. The van der Waals surface area contributed by atoms with Gasteiger partial charge in [-0.3, -0.25) is 4.90 Å². The quantitative estimate of drug-likeness (QED) is 0.644. The molecule has 1 unspecified atom stereocenters. The predicted molar refractivity (Wildman–Crippen MR) is 120 cm³/mol. The third kappa shape index (κ3) is 3.89. The average molecular weight is 409 g/mol. The van der Waals surface area contributed by atoms with Gasteiger partial charge < -0.3 is 9.64 Å². The second kappa shape index (κ2) is 8.01. The van der Waals surface area contributed by atoms with Crippen molar-refractivity contribution < 1.29 is 4.74 Å². The van der Waals surface area contributed by atoms with E-state index in [1.165, 1.54) is 28.7 Å². The van der Waals surface area contributed by atoms with Crippen LogP contribution in [-0.2, 0) is 4.74 Å². The van der Waals surface area contributed by atoms with Crippen LogP contribution in [0.15, 0.2) is 36.4 Å². The molecule has 2 aromatic heterocycles. The van der Waals surface area contributed by atoms with Gasteiger partial charge in [-0.1, -0.05) is 30.3 Å². The Hall–Kier alpha value is -2.02. The fourth-order valence-corrected chi connectivity index (χ4v) is 5.69. The van der Waals surface area contributed by atoms with Crippen molar-refractivity contribution >= 4 is 27.4 Å². The van der Waals surface area contributed by atoms with E-state index in [1.807, 2.05) is 6.92 Å². The van der Waals surface area contributed by atoms with E-state index in [0.29, 0.717) is 12.1 Å². The topological polar surface area (TPSA) is 41.5 Å². The molecule has 5 nitrogen and oxygen atoms in total.